The van der Waals surface area contributed by atoms with Gasteiger partial charge in [0.25, 0.3) is 0 Å². The standard InChI is InChI=1S/C22H26N2O3/c1-26-19-11-10-16(13-20(19)27-2)14-21(25)24-15-18-9-6-12-23(18)22(24)17-7-4-3-5-8-17/h3-5,7-8,10-11,13,18,22H,6,9,12,14-15H2,1-2H3. The molecule has 2 aliphatic heterocycles. The van der Waals surface area contributed by atoms with Gasteiger partial charge in [-0.05, 0) is 36.1 Å². The minimum atomic E-state index is 0.0475. The van der Waals surface area contributed by atoms with Gasteiger partial charge in [0, 0.05) is 19.1 Å². The summed E-state index contributed by atoms with van der Waals surface area (Å²) in [5, 5.41) is 0. The molecule has 5 nitrogen and oxygen atoms in total. The van der Waals surface area contributed by atoms with Gasteiger partial charge in [0.1, 0.15) is 6.17 Å². The molecular weight excluding hydrogens is 340 g/mol. The number of fused-ring (bicyclic) bond motifs is 1. The molecule has 2 heterocycles. The van der Waals surface area contributed by atoms with Gasteiger partial charge in [-0.25, -0.2) is 0 Å². The third-order valence-corrected chi connectivity index (χ3v) is 5.66. The molecule has 5 heteroatoms. The van der Waals surface area contributed by atoms with Crippen molar-refractivity contribution in [1.29, 1.82) is 0 Å². The molecule has 0 saturated carbocycles. The number of carbonyl (C=O) groups is 1. The van der Waals surface area contributed by atoms with Crippen molar-refractivity contribution in [2.75, 3.05) is 27.3 Å². The van der Waals surface area contributed by atoms with Gasteiger partial charge in [0.2, 0.25) is 5.91 Å². The van der Waals surface area contributed by atoms with Gasteiger partial charge in [-0.15, -0.1) is 0 Å². The van der Waals surface area contributed by atoms with Crippen LogP contribution in [0, 0.1) is 0 Å². The highest BCUT2D eigenvalue weighted by Crippen LogP contribution is 2.39. The smallest absolute Gasteiger partial charge is 0.228 e. The van der Waals surface area contributed by atoms with E-state index in [1.807, 2.05) is 24.3 Å². The van der Waals surface area contributed by atoms with Gasteiger partial charge in [0.05, 0.1) is 20.6 Å². The van der Waals surface area contributed by atoms with Crippen LogP contribution in [-0.4, -0.2) is 49.1 Å². The lowest BCUT2D eigenvalue weighted by Gasteiger charge is -2.30. The molecule has 2 aromatic carbocycles. The van der Waals surface area contributed by atoms with Crippen LogP contribution in [0.2, 0.25) is 0 Å². The summed E-state index contributed by atoms with van der Waals surface area (Å²) < 4.78 is 10.7. The van der Waals surface area contributed by atoms with Crippen molar-refractivity contribution in [3.8, 4) is 11.5 Å². The lowest BCUT2D eigenvalue weighted by Crippen LogP contribution is -2.36. The second-order valence-electron chi connectivity index (χ2n) is 7.23. The second-order valence-corrected chi connectivity index (χ2v) is 7.23. The first kappa shape index (κ1) is 17.9. The van der Waals surface area contributed by atoms with Crippen molar-refractivity contribution < 1.29 is 14.3 Å². The summed E-state index contributed by atoms with van der Waals surface area (Å²) in [6.45, 7) is 1.87. The lowest BCUT2D eigenvalue weighted by atomic mass is 10.1. The molecule has 4 rings (SSSR count). The van der Waals surface area contributed by atoms with Crippen LogP contribution in [0.4, 0.5) is 0 Å². The predicted octanol–water partition coefficient (Wildman–Crippen LogP) is 3.25. The minimum absolute atomic E-state index is 0.0475. The van der Waals surface area contributed by atoms with Crippen LogP contribution in [-0.2, 0) is 11.2 Å². The first-order valence-corrected chi connectivity index (χ1v) is 9.52. The van der Waals surface area contributed by atoms with E-state index in [1.54, 1.807) is 14.2 Å². The summed E-state index contributed by atoms with van der Waals surface area (Å²) in [5.74, 6) is 1.49. The topological polar surface area (TPSA) is 42.0 Å². The van der Waals surface area contributed by atoms with Crippen LogP contribution >= 0.6 is 0 Å². The highest BCUT2D eigenvalue weighted by Gasteiger charge is 2.44. The first-order valence-electron chi connectivity index (χ1n) is 9.52. The maximum absolute atomic E-state index is 13.2. The molecule has 2 saturated heterocycles. The van der Waals surface area contributed by atoms with Crippen LogP contribution < -0.4 is 9.47 Å². The van der Waals surface area contributed by atoms with Gasteiger partial charge in [-0.2, -0.15) is 0 Å². The number of benzene rings is 2. The number of amides is 1. The Morgan fingerprint density at radius 1 is 1.07 bits per heavy atom. The molecule has 1 amide bonds. The molecule has 0 aromatic heterocycles. The Labute approximate surface area is 160 Å². The third-order valence-electron chi connectivity index (χ3n) is 5.66. The van der Waals surface area contributed by atoms with Crippen molar-refractivity contribution in [3.63, 3.8) is 0 Å². The van der Waals surface area contributed by atoms with Gasteiger partial charge in [0.15, 0.2) is 11.5 Å². The Bertz CT molecular complexity index is 808. The number of ether oxygens (including phenoxy) is 2. The van der Waals surface area contributed by atoms with Crippen molar-refractivity contribution in [3.05, 3.63) is 59.7 Å². The van der Waals surface area contributed by atoms with E-state index in [0.29, 0.717) is 24.0 Å². The van der Waals surface area contributed by atoms with Crippen molar-refractivity contribution >= 4 is 5.91 Å². The SMILES string of the molecule is COc1ccc(CC(=O)N2CC3CCCN3C2c2ccccc2)cc1OC. The average Bonchev–Trinajstić information content (AvgIpc) is 3.29. The van der Waals surface area contributed by atoms with E-state index in [1.165, 1.54) is 18.4 Å². The zero-order valence-electron chi connectivity index (χ0n) is 15.9. The maximum Gasteiger partial charge on any atom is 0.228 e. The fourth-order valence-corrected chi connectivity index (χ4v) is 4.38. The Morgan fingerprint density at radius 2 is 1.85 bits per heavy atom. The van der Waals surface area contributed by atoms with E-state index >= 15 is 0 Å². The van der Waals surface area contributed by atoms with Crippen molar-refractivity contribution in [2.24, 2.45) is 0 Å². The number of rotatable bonds is 5. The number of nitrogens with zero attached hydrogens (tertiary/aromatic N) is 2. The molecule has 2 aromatic rings. The summed E-state index contributed by atoms with van der Waals surface area (Å²) in [4.78, 5) is 17.8. The number of methoxy groups -OCH3 is 2. The molecule has 27 heavy (non-hydrogen) atoms. The maximum atomic E-state index is 13.2. The average molecular weight is 366 g/mol. The highest BCUT2D eigenvalue weighted by atomic mass is 16.5. The van der Waals surface area contributed by atoms with E-state index in [2.05, 4.69) is 34.1 Å². The molecule has 2 aliphatic rings. The highest BCUT2D eigenvalue weighted by molar-refractivity contribution is 5.80. The molecule has 0 N–H and O–H groups in total. The number of hydrogen-bond acceptors (Lipinski definition) is 4. The molecule has 2 unspecified atom stereocenters. The van der Waals surface area contributed by atoms with Crippen molar-refractivity contribution in [1.82, 2.24) is 9.80 Å². The van der Waals surface area contributed by atoms with Gasteiger partial charge >= 0.3 is 0 Å². The first-order chi connectivity index (χ1) is 13.2. The molecule has 2 fully saturated rings. The van der Waals surface area contributed by atoms with Crippen LogP contribution in [0.1, 0.15) is 30.1 Å². The van der Waals surface area contributed by atoms with E-state index in [9.17, 15) is 4.79 Å². The Hall–Kier alpha value is -2.53. The summed E-state index contributed by atoms with van der Waals surface area (Å²) >= 11 is 0. The zero-order chi connectivity index (χ0) is 18.8. The minimum Gasteiger partial charge on any atom is -0.493 e. The molecule has 142 valence electrons. The fourth-order valence-electron chi connectivity index (χ4n) is 4.38. The quantitative estimate of drug-likeness (QED) is 0.815. The molecule has 0 bridgehead atoms. The largest absolute Gasteiger partial charge is 0.493 e. The molecular formula is C22H26N2O3. The number of carbonyl (C=O) groups excluding carboxylic acids is 1. The molecule has 0 aliphatic carbocycles. The Kier molecular flexibility index (Phi) is 5.03. The van der Waals surface area contributed by atoms with Crippen LogP contribution in [0.15, 0.2) is 48.5 Å². The van der Waals surface area contributed by atoms with E-state index in [-0.39, 0.29) is 12.1 Å². The van der Waals surface area contributed by atoms with Crippen molar-refractivity contribution in [2.45, 2.75) is 31.5 Å². The summed E-state index contributed by atoms with van der Waals surface area (Å²) in [6.07, 6.45) is 2.80. The summed E-state index contributed by atoms with van der Waals surface area (Å²) in [5.41, 5.74) is 2.14. The van der Waals surface area contributed by atoms with Crippen LogP contribution in [0.5, 0.6) is 11.5 Å². The molecule has 0 radical (unpaired) electrons. The van der Waals surface area contributed by atoms with E-state index < -0.39 is 0 Å². The van der Waals surface area contributed by atoms with Crippen LogP contribution in [0.3, 0.4) is 0 Å². The monoisotopic (exact) mass is 366 g/mol. The molecule has 0 spiro atoms. The van der Waals surface area contributed by atoms with E-state index in [0.717, 1.165) is 18.7 Å². The fraction of sp³-hybridized carbons (Fsp3) is 0.409. The van der Waals surface area contributed by atoms with Gasteiger partial charge in [-0.1, -0.05) is 36.4 Å². The van der Waals surface area contributed by atoms with Gasteiger partial charge < -0.3 is 14.4 Å². The summed E-state index contributed by atoms with van der Waals surface area (Å²) in [6, 6.07) is 16.5. The predicted molar refractivity (Wildman–Crippen MR) is 104 cm³/mol. The lowest BCUT2D eigenvalue weighted by molar-refractivity contribution is -0.133. The molecule has 2 atom stereocenters. The van der Waals surface area contributed by atoms with Crippen LogP contribution in [0.25, 0.3) is 0 Å². The number of hydrogen-bond donors (Lipinski definition) is 0. The van der Waals surface area contributed by atoms with Gasteiger partial charge in [-0.3, -0.25) is 9.69 Å². The zero-order valence-corrected chi connectivity index (χ0v) is 15.9. The Balaban J connectivity index is 1.57. The summed E-state index contributed by atoms with van der Waals surface area (Å²) in [7, 11) is 3.23. The Morgan fingerprint density at radius 3 is 2.59 bits per heavy atom. The second kappa shape index (κ2) is 7.61. The van der Waals surface area contributed by atoms with E-state index in [4.69, 9.17) is 9.47 Å². The third kappa shape index (κ3) is 3.39. The normalized spacial score (nSPS) is 21.9.